The zero-order valence-electron chi connectivity index (χ0n) is 12.2. The van der Waals surface area contributed by atoms with Crippen molar-refractivity contribution in [2.45, 2.75) is 79.2 Å². The van der Waals surface area contributed by atoms with E-state index in [-0.39, 0.29) is 0 Å². The van der Waals surface area contributed by atoms with E-state index in [1.165, 1.54) is 45.1 Å². The average molecular weight is 227 g/mol. The van der Waals surface area contributed by atoms with Gasteiger partial charge in [-0.3, -0.25) is 0 Å². The largest absolute Gasteiger partial charge is 0.314 e. The van der Waals surface area contributed by atoms with Gasteiger partial charge in [-0.25, -0.2) is 0 Å². The fraction of sp³-hybridized carbons (Fsp3) is 1.00. The standard InChI is InChI=1S/C15H33N/c1-6-15(14(4)5)16-12-10-8-7-9-11-13(2)3/h13-16H,6-12H2,1-5H3. The van der Waals surface area contributed by atoms with Gasteiger partial charge in [-0.2, -0.15) is 0 Å². The fourth-order valence-electron chi connectivity index (χ4n) is 2.17. The predicted molar refractivity (Wildman–Crippen MR) is 74.8 cm³/mol. The highest BCUT2D eigenvalue weighted by Crippen LogP contribution is 2.10. The number of rotatable bonds is 10. The second-order valence-electron chi connectivity index (χ2n) is 5.81. The molecule has 0 radical (unpaired) electrons. The first-order valence-electron chi connectivity index (χ1n) is 7.31. The van der Waals surface area contributed by atoms with Crippen molar-refractivity contribution in [2.24, 2.45) is 11.8 Å². The Morgan fingerprint density at radius 2 is 1.50 bits per heavy atom. The summed E-state index contributed by atoms with van der Waals surface area (Å²) in [4.78, 5) is 0. The molecule has 16 heavy (non-hydrogen) atoms. The van der Waals surface area contributed by atoms with Crippen LogP contribution in [0.3, 0.4) is 0 Å². The van der Waals surface area contributed by atoms with Gasteiger partial charge >= 0.3 is 0 Å². The van der Waals surface area contributed by atoms with Gasteiger partial charge in [0, 0.05) is 6.04 Å². The average Bonchev–Trinajstić information content (AvgIpc) is 2.21. The van der Waals surface area contributed by atoms with Crippen LogP contribution in [0.25, 0.3) is 0 Å². The molecule has 0 aromatic heterocycles. The first-order valence-corrected chi connectivity index (χ1v) is 7.31. The lowest BCUT2D eigenvalue weighted by atomic mass is 10.0. The van der Waals surface area contributed by atoms with Gasteiger partial charge in [0.1, 0.15) is 0 Å². The number of nitrogens with one attached hydrogen (secondary N) is 1. The summed E-state index contributed by atoms with van der Waals surface area (Å²) < 4.78 is 0. The normalized spacial score (nSPS) is 13.7. The first kappa shape index (κ1) is 16.0. The van der Waals surface area contributed by atoms with Crippen LogP contribution in [0.15, 0.2) is 0 Å². The summed E-state index contributed by atoms with van der Waals surface area (Å²) in [5.74, 6) is 1.65. The second kappa shape index (κ2) is 10.1. The lowest BCUT2D eigenvalue weighted by Crippen LogP contribution is -2.33. The van der Waals surface area contributed by atoms with Gasteiger partial charge in [0.2, 0.25) is 0 Å². The van der Waals surface area contributed by atoms with Crippen molar-refractivity contribution >= 4 is 0 Å². The molecule has 0 aromatic carbocycles. The van der Waals surface area contributed by atoms with Crippen LogP contribution < -0.4 is 5.32 Å². The van der Waals surface area contributed by atoms with E-state index in [1.54, 1.807) is 0 Å². The number of hydrogen-bond donors (Lipinski definition) is 1. The molecule has 0 aliphatic rings. The van der Waals surface area contributed by atoms with E-state index in [9.17, 15) is 0 Å². The van der Waals surface area contributed by atoms with Crippen molar-refractivity contribution in [1.29, 1.82) is 0 Å². The molecule has 0 bridgehead atoms. The molecule has 1 heteroatoms. The van der Waals surface area contributed by atoms with E-state index in [2.05, 4.69) is 39.9 Å². The van der Waals surface area contributed by atoms with Gasteiger partial charge in [-0.15, -0.1) is 0 Å². The lowest BCUT2D eigenvalue weighted by Gasteiger charge is -2.20. The molecular formula is C15H33N. The molecule has 0 aliphatic carbocycles. The Bertz CT molecular complexity index is 140. The molecule has 0 fully saturated rings. The second-order valence-corrected chi connectivity index (χ2v) is 5.81. The highest BCUT2D eigenvalue weighted by molar-refractivity contribution is 4.68. The van der Waals surface area contributed by atoms with Crippen molar-refractivity contribution in [3.8, 4) is 0 Å². The minimum atomic E-state index is 0.718. The molecule has 1 nitrogen and oxygen atoms in total. The Morgan fingerprint density at radius 1 is 0.875 bits per heavy atom. The molecule has 1 N–H and O–H groups in total. The first-order chi connectivity index (χ1) is 7.57. The van der Waals surface area contributed by atoms with Crippen LogP contribution in [-0.2, 0) is 0 Å². The topological polar surface area (TPSA) is 12.0 Å². The van der Waals surface area contributed by atoms with Gasteiger partial charge in [0.05, 0.1) is 0 Å². The number of hydrogen-bond acceptors (Lipinski definition) is 1. The van der Waals surface area contributed by atoms with Gasteiger partial charge in [-0.1, -0.05) is 60.3 Å². The number of unbranched alkanes of at least 4 members (excludes halogenated alkanes) is 3. The molecule has 98 valence electrons. The Kier molecular flexibility index (Phi) is 10.1. The van der Waals surface area contributed by atoms with Crippen LogP contribution in [0.4, 0.5) is 0 Å². The van der Waals surface area contributed by atoms with Crippen molar-refractivity contribution in [1.82, 2.24) is 5.32 Å². The van der Waals surface area contributed by atoms with E-state index >= 15 is 0 Å². The highest BCUT2D eigenvalue weighted by Gasteiger charge is 2.08. The molecule has 1 unspecified atom stereocenters. The molecule has 0 amide bonds. The third kappa shape index (κ3) is 9.21. The minimum absolute atomic E-state index is 0.718. The zero-order chi connectivity index (χ0) is 12.4. The van der Waals surface area contributed by atoms with Crippen molar-refractivity contribution < 1.29 is 0 Å². The summed E-state index contributed by atoms with van der Waals surface area (Å²) in [6, 6.07) is 0.718. The van der Waals surface area contributed by atoms with Crippen molar-refractivity contribution in [2.75, 3.05) is 6.54 Å². The van der Waals surface area contributed by atoms with E-state index in [1.807, 2.05) is 0 Å². The van der Waals surface area contributed by atoms with Gasteiger partial charge in [0.25, 0.3) is 0 Å². The van der Waals surface area contributed by atoms with Gasteiger partial charge in [0.15, 0.2) is 0 Å². The van der Waals surface area contributed by atoms with E-state index in [4.69, 9.17) is 0 Å². The Balaban J connectivity index is 3.26. The smallest absolute Gasteiger partial charge is 0.00874 e. The van der Waals surface area contributed by atoms with Crippen LogP contribution in [0.5, 0.6) is 0 Å². The van der Waals surface area contributed by atoms with E-state index in [0.29, 0.717) is 0 Å². The third-order valence-electron chi connectivity index (χ3n) is 3.36. The molecular weight excluding hydrogens is 194 g/mol. The quantitative estimate of drug-likeness (QED) is 0.537. The SMILES string of the molecule is CCC(NCCCCCCC(C)C)C(C)C. The fourth-order valence-corrected chi connectivity index (χ4v) is 2.17. The molecule has 0 rings (SSSR count). The van der Waals surface area contributed by atoms with Crippen LogP contribution in [0.2, 0.25) is 0 Å². The lowest BCUT2D eigenvalue weighted by molar-refractivity contribution is 0.383. The molecule has 0 heterocycles. The van der Waals surface area contributed by atoms with Crippen molar-refractivity contribution in [3.05, 3.63) is 0 Å². The third-order valence-corrected chi connectivity index (χ3v) is 3.36. The molecule has 1 atom stereocenters. The van der Waals surface area contributed by atoms with Gasteiger partial charge in [-0.05, 0) is 31.2 Å². The predicted octanol–water partition coefficient (Wildman–Crippen LogP) is 4.62. The summed E-state index contributed by atoms with van der Waals surface area (Å²) in [6.07, 6.45) is 8.23. The maximum absolute atomic E-state index is 3.67. The zero-order valence-corrected chi connectivity index (χ0v) is 12.2. The molecule has 0 spiro atoms. The summed E-state index contributed by atoms with van der Waals surface area (Å²) in [5.41, 5.74) is 0. The summed E-state index contributed by atoms with van der Waals surface area (Å²) >= 11 is 0. The molecule has 0 aliphatic heterocycles. The van der Waals surface area contributed by atoms with E-state index in [0.717, 1.165) is 17.9 Å². The highest BCUT2D eigenvalue weighted by atomic mass is 14.9. The molecule has 0 saturated heterocycles. The Hall–Kier alpha value is -0.0400. The summed E-state index contributed by atoms with van der Waals surface area (Å²) in [5, 5.41) is 3.67. The monoisotopic (exact) mass is 227 g/mol. The van der Waals surface area contributed by atoms with Crippen LogP contribution in [0.1, 0.15) is 73.1 Å². The maximum Gasteiger partial charge on any atom is 0.00874 e. The Labute approximate surface area is 103 Å². The maximum atomic E-state index is 3.67. The minimum Gasteiger partial charge on any atom is -0.314 e. The Morgan fingerprint density at radius 3 is 2.00 bits per heavy atom. The van der Waals surface area contributed by atoms with Crippen LogP contribution in [-0.4, -0.2) is 12.6 Å². The summed E-state index contributed by atoms with van der Waals surface area (Å²) in [6.45, 7) is 12.7. The molecule has 0 aromatic rings. The van der Waals surface area contributed by atoms with E-state index < -0.39 is 0 Å². The van der Waals surface area contributed by atoms with Crippen LogP contribution >= 0.6 is 0 Å². The van der Waals surface area contributed by atoms with Crippen LogP contribution in [0, 0.1) is 11.8 Å². The van der Waals surface area contributed by atoms with Gasteiger partial charge < -0.3 is 5.32 Å². The summed E-state index contributed by atoms with van der Waals surface area (Å²) in [7, 11) is 0. The molecule has 0 saturated carbocycles. The van der Waals surface area contributed by atoms with Crippen molar-refractivity contribution in [3.63, 3.8) is 0 Å².